The Morgan fingerprint density at radius 3 is 2.71 bits per heavy atom. The van der Waals surface area contributed by atoms with E-state index in [9.17, 15) is 9.59 Å². The van der Waals surface area contributed by atoms with Gasteiger partial charge in [-0.3, -0.25) is 4.79 Å². The van der Waals surface area contributed by atoms with Crippen molar-refractivity contribution < 1.29 is 24.5 Å². The lowest BCUT2D eigenvalue weighted by Crippen LogP contribution is -2.30. The predicted octanol–water partition coefficient (Wildman–Crippen LogP) is 0.970. The lowest BCUT2D eigenvalue weighted by atomic mass is 10.1. The molecule has 3 N–H and O–H groups in total. The van der Waals surface area contributed by atoms with Crippen LogP contribution in [0.5, 0.6) is 5.75 Å². The molecule has 6 heteroatoms. The molecule has 1 amide bonds. The summed E-state index contributed by atoms with van der Waals surface area (Å²) in [4.78, 5) is 22.1. The fourth-order valence-electron chi connectivity index (χ4n) is 1.82. The zero-order valence-corrected chi connectivity index (χ0v) is 12.0. The second-order valence-corrected chi connectivity index (χ2v) is 4.53. The molecule has 6 nitrogen and oxygen atoms in total. The lowest BCUT2D eigenvalue weighted by Gasteiger charge is -2.10. The van der Waals surface area contributed by atoms with Crippen molar-refractivity contribution in [3.63, 3.8) is 0 Å². The van der Waals surface area contributed by atoms with Gasteiger partial charge in [-0.15, -0.1) is 0 Å². The zero-order chi connectivity index (χ0) is 15.7. The van der Waals surface area contributed by atoms with E-state index in [-0.39, 0.29) is 25.3 Å². The minimum atomic E-state index is -1.44. The smallest absolute Gasteiger partial charge is 0.332 e. The molecule has 0 aliphatic carbocycles. The van der Waals surface area contributed by atoms with Crippen LogP contribution < -0.4 is 10.1 Å². The SMILES string of the molecule is CCOc1ccccc1CCC(=O)NCC[C@H](O)C(=O)O. The Kier molecular flexibility index (Phi) is 7.25. The summed E-state index contributed by atoms with van der Waals surface area (Å²) in [5.41, 5.74) is 0.958. The van der Waals surface area contributed by atoms with Crippen LogP contribution in [0.2, 0.25) is 0 Å². The van der Waals surface area contributed by atoms with Crippen molar-refractivity contribution in [1.82, 2.24) is 5.32 Å². The summed E-state index contributed by atoms with van der Waals surface area (Å²) in [6, 6.07) is 7.53. The summed E-state index contributed by atoms with van der Waals surface area (Å²) < 4.78 is 5.48. The number of hydrogen-bond acceptors (Lipinski definition) is 4. The van der Waals surface area contributed by atoms with Crippen molar-refractivity contribution in [1.29, 1.82) is 0 Å². The van der Waals surface area contributed by atoms with E-state index in [1.807, 2.05) is 31.2 Å². The highest BCUT2D eigenvalue weighted by Gasteiger charge is 2.13. The third-order valence-electron chi connectivity index (χ3n) is 2.92. The van der Waals surface area contributed by atoms with Crippen molar-refractivity contribution in [2.24, 2.45) is 0 Å². The van der Waals surface area contributed by atoms with Gasteiger partial charge in [0.2, 0.25) is 5.91 Å². The average molecular weight is 295 g/mol. The molecule has 21 heavy (non-hydrogen) atoms. The summed E-state index contributed by atoms with van der Waals surface area (Å²) in [7, 11) is 0. The van der Waals surface area contributed by atoms with Crippen LogP contribution in [0, 0.1) is 0 Å². The maximum absolute atomic E-state index is 11.7. The molecule has 0 saturated carbocycles. The van der Waals surface area contributed by atoms with E-state index in [1.54, 1.807) is 0 Å². The van der Waals surface area contributed by atoms with Crippen LogP contribution in [0.25, 0.3) is 0 Å². The molecule has 1 atom stereocenters. The molecular formula is C15H21NO5. The standard InChI is InChI=1S/C15H21NO5/c1-2-21-13-6-4-3-5-11(13)7-8-14(18)16-10-9-12(17)15(19)20/h3-6,12,17H,2,7-10H2,1H3,(H,16,18)(H,19,20)/t12-/m0/s1. The fraction of sp³-hybridized carbons (Fsp3) is 0.467. The number of rotatable bonds is 9. The minimum Gasteiger partial charge on any atom is -0.494 e. The van der Waals surface area contributed by atoms with E-state index in [0.717, 1.165) is 11.3 Å². The lowest BCUT2D eigenvalue weighted by molar-refractivity contribution is -0.147. The van der Waals surface area contributed by atoms with E-state index in [0.29, 0.717) is 13.0 Å². The number of hydrogen-bond donors (Lipinski definition) is 3. The molecule has 0 aliphatic rings. The molecule has 0 bridgehead atoms. The molecule has 1 aromatic rings. The first kappa shape index (κ1) is 17.0. The Morgan fingerprint density at radius 2 is 2.05 bits per heavy atom. The van der Waals surface area contributed by atoms with E-state index >= 15 is 0 Å². The number of aliphatic hydroxyl groups excluding tert-OH is 1. The first-order valence-corrected chi connectivity index (χ1v) is 6.92. The second kappa shape index (κ2) is 8.97. The van der Waals surface area contributed by atoms with E-state index in [2.05, 4.69) is 5.32 Å². The number of carboxylic acid groups (broad SMARTS) is 1. The van der Waals surface area contributed by atoms with Gasteiger partial charge in [0.25, 0.3) is 0 Å². The molecule has 0 aliphatic heterocycles. The maximum Gasteiger partial charge on any atom is 0.332 e. The van der Waals surface area contributed by atoms with Gasteiger partial charge >= 0.3 is 5.97 Å². The van der Waals surface area contributed by atoms with Crippen molar-refractivity contribution in [2.45, 2.75) is 32.3 Å². The van der Waals surface area contributed by atoms with Crippen molar-refractivity contribution in [2.75, 3.05) is 13.2 Å². The molecule has 1 rings (SSSR count). The molecule has 1 aromatic carbocycles. The van der Waals surface area contributed by atoms with Crippen molar-refractivity contribution in [3.8, 4) is 5.75 Å². The topological polar surface area (TPSA) is 95.9 Å². The van der Waals surface area contributed by atoms with Gasteiger partial charge in [-0.25, -0.2) is 4.79 Å². The molecule has 0 heterocycles. The van der Waals surface area contributed by atoms with E-state index < -0.39 is 12.1 Å². The molecule has 0 saturated heterocycles. The number of benzene rings is 1. The van der Waals surface area contributed by atoms with Crippen LogP contribution in [0.4, 0.5) is 0 Å². The minimum absolute atomic E-state index is 0.00337. The number of nitrogens with one attached hydrogen (secondary N) is 1. The third kappa shape index (κ3) is 6.27. The zero-order valence-electron chi connectivity index (χ0n) is 12.0. The highest BCUT2D eigenvalue weighted by molar-refractivity contribution is 5.76. The number of carboxylic acids is 1. The normalized spacial score (nSPS) is 11.7. The quantitative estimate of drug-likeness (QED) is 0.631. The van der Waals surface area contributed by atoms with Crippen LogP contribution in [0.1, 0.15) is 25.3 Å². The summed E-state index contributed by atoms with van der Waals surface area (Å²) in [5.74, 6) is -0.692. The second-order valence-electron chi connectivity index (χ2n) is 4.53. The molecule has 116 valence electrons. The monoisotopic (exact) mass is 295 g/mol. The van der Waals surface area contributed by atoms with Gasteiger partial charge in [0.05, 0.1) is 6.61 Å². The molecular weight excluding hydrogens is 274 g/mol. The average Bonchev–Trinajstić information content (AvgIpc) is 2.46. The number of amides is 1. The fourth-order valence-corrected chi connectivity index (χ4v) is 1.82. The Labute approximate surface area is 123 Å². The van der Waals surface area contributed by atoms with Crippen LogP contribution in [0.15, 0.2) is 24.3 Å². The molecule has 0 fully saturated rings. The van der Waals surface area contributed by atoms with Gasteiger partial charge in [-0.2, -0.15) is 0 Å². The van der Waals surface area contributed by atoms with E-state index in [1.165, 1.54) is 0 Å². The maximum atomic E-state index is 11.7. The van der Waals surface area contributed by atoms with E-state index in [4.69, 9.17) is 14.9 Å². The summed E-state index contributed by atoms with van der Waals surface area (Å²) in [5, 5.41) is 20.2. The van der Waals surface area contributed by atoms with Gasteiger partial charge in [0.15, 0.2) is 6.10 Å². The van der Waals surface area contributed by atoms with Crippen LogP contribution in [-0.2, 0) is 16.0 Å². The Morgan fingerprint density at radius 1 is 1.33 bits per heavy atom. The van der Waals surface area contributed by atoms with Crippen molar-refractivity contribution in [3.05, 3.63) is 29.8 Å². The Balaban J connectivity index is 2.35. The summed E-state index contributed by atoms with van der Waals surface area (Å²) in [6.07, 6.45) is -0.614. The number of aryl methyl sites for hydroxylation is 1. The van der Waals surface area contributed by atoms with Crippen LogP contribution in [-0.4, -0.2) is 41.3 Å². The Hall–Kier alpha value is -2.08. The van der Waals surface area contributed by atoms with Gasteiger partial charge in [-0.05, 0) is 25.0 Å². The Bertz CT molecular complexity index is 475. The summed E-state index contributed by atoms with van der Waals surface area (Å²) in [6.45, 7) is 2.60. The summed E-state index contributed by atoms with van der Waals surface area (Å²) >= 11 is 0. The van der Waals surface area contributed by atoms with Gasteiger partial charge < -0.3 is 20.3 Å². The first-order chi connectivity index (χ1) is 10.0. The predicted molar refractivity (Wildman–Crippen MR) is 77.2 cm³/mol. The highest BCUT2D eigenvalue weighted by atomic mass is 16.5. The molecule has 0 unspecified atom stereocenters. The van der Waals surface area contributed by atoms with Crippen LogP contribution >= 0.6 is 0 Å². The molecule has 0 aromatic heterocycles. The number of carbonyl (C=O) groups is 2. The highest BCUT2D eigenvalue weighted by Crippen LogP contribution is 2.19. The number of aliphatic carboxylic acids is 1. The number of carbonyl (C=O) groups excluding carboxylic acids is 1. The van der Waals surface area contributed by atoms with Crippen LogP contribution in [0.3, 0.4) is 0 Å². The number of ether oxygens (including phenoxy) is 1. The first-order valence-electron chi connectivity index (χ1n) is 6.92. The largest absolute Gasteiger partial charge is 0.494 e. The van der Waals surface area contributed by atoms with Gasteiger partial charge in [0, 0.05) is 19.4 Å². The van der Waals surface area contributed by atoms with Crippen molar-refractivity contribution >= 4 is 11.9 Å². The number of para-hydroxylation sites is 1. The number of aliphatic hydroxyl groups is 1. The third-order valence-corrected chi connectivity index (χ3v) is 2.92. The molecule has 0 spiro atoms. The van der Waals surface area contributed by atoms with Gasteiger partial charge in [-0.1, -0.05) is 18.2 Å². The molecule has 0 radical (unpaired) electrons. The van der Waals surface area contributed by atoms with Gasteiger partial charge in [0.1, 0.15) is 5.75 Å².